The maximum absolute atomic E-state index is 5.86. The van der Waals surface area contributed by atoms with Crippen molar-refractivity contribution in [1.82, 2.24) is 9.97 Å². The highest BCUT2D eigenvalue weighted by atomic mass is 35.5. The molecule has 0 spiro atoms. The second-order valence-electron chi connectivity index (χ2n) is 4.15. The third-order valence-electron chi connectivity index (χ3n) is 2.96. The number of hydrogen-bond donors (Lipinski definition) is 1. The number of oxazole rings is 1. The van der Waals surface area contributed by atoms with Gasteiger partial charge in [0.2, 0.25) is 5.65 Å². The fourth-order valence-corrected chi connectivity index (χ4v) is 1.98. The van der Waals surface area contributed by atoms with Crippen LogP contribution < -0.4 is 10.6 Å². The molecule has 17 heavy (non-hydrogen) atoms. The molecule has 0 bridgehead atoms. The van der Waals surface area contributed by atoms with E-state index in [1.165, 1.54) is 0 Å². The molecular weight excluding hydrogens is 240 g/mol. The van der Waals surface area contributed by atoms with Gasteiger partial charge in [0.1, 0.15) is 0 Å². The van der Waals surface area contributed by atoms with Gasteiger partial charge in [-0.15, -0.1) is 12.4 Å². The Hall–Kier alpha value is -1.33. The zero-order valence-electron chi connectivity index (χ0n) is 9.37. The van der Waals surface area contributed by atoms with E-state index < -0.39 is 0 Å². The molecule has 3 heterocycles. The molecule has 5 nitrogen and oxygen atoms in total. The van der Waals surface area contributed by atoms with Crippen LogP contribution in [0.2, 0.25) is 0 Å². The molecule has 0 amide bonds. The van der Waals surface area contributed by atoms with Crippen LogP contribution in [0.1, 0.15) is 12.8 Å². The number of halogens is 1. The molecule has 6 heteroatoms. The lowest BCUT2D eigenvalue weighted by molar-refractivity contribution is 0.466. The van der Waals surface area contributed by atoms with E-state index in [0.29, 0.717) is 17.7 Å². The van der Waals surface area contributed by atoms with Crippen LogP contribution in [0.4, 0.5) is 6.01 Å². The Morgan fingerprint density at radius 2 is 2.12 bits per heavy atom. The Morgan fingerprint density at radius 1 is 1.35 bits per heavy atom. The zero-order valence-corrected chi connectivity index (χ0v) is 10.2. The minimum atomic E-state index is 0. The van der Waals surface area contributed by atoms with Crippen LogP contribution in [0, 0.1) is 0 Å². The molecule has 1 saturated heterocycles. The van der Waals surface area contributed by atoms with Gasteiger partial charge in [0.15, 0.2) is 5.58 Å². The summed E-state index contributed by atoms with van der Waals surface area (Å²) in [6.45, 7) is 1.82. The van der Waals surface area contributed by atoms with Crippen molar-refractivity contribution in [2.75, 3.05) is 18.0 Å². The Kier molecular flexibility index (Phi) is 3.49. The van der Waals surface area contributed by atoms with E-state index in [-0.39, 0.29) is 12.4 Å². The molecule has 1 aliphatic rings. The Labute approximate surface area is 105 Å². The molecule has 1 aliphatic heterocycles. The molecule has 0 aliphatic carbocycles. The minimum absolute atomic E-state index is 0. The number of piperidine rings is 1. The molecule has 0 aromatic carbocycles. The van der Waals surface area contributed by atoms with Gasteiger partial charge in [-0.2, -0.15) is 4.98 Å². The summed E-state index contributed by atoms with van der Waals surface area (Å²) in [6.07, 6.45) is 3.71. The van der Waals surface area contributed by atoms with Crippen molar-refractivity contribution in [3.63, 3.8) is 0 Å². The number of fused-ring (bicyclic) bond motifs is 1. The lowest BCUT2D eigenvalue weighted by atomic mass is 10.1. The predicted octanol–water partition coefficient (Wildman–Crippen LogP) is 1.57. The van der Waals surface area contributed by atoms with Crippen LogP contribution in [-0.4, -0.2) is 29.1 Å². The molecular formula is C11H15ClN4O. The van der Waals surface area contributed by atoms with Crippen LogP contribution >= 0.6 is 12.4 Å². The molecule has 92 valence electrons. The van der Waals surface area contributed by atoms with Crippen molar-refractivity contribution >= 4 is 29.7 Å². The highest BCUT2D eigenvalue weighted by molar-refractivity contribution is 5.85. The van der Waals surface area contributed by atoms with Gasteiger partial charge in [-0.1, -0.05) is 0 Å². The molecule has 2 aromatic rings. The van der Waals surface area contributed by atoms with Gasteiger partial charge in [-0.25, -0.2) is 4.98 Å². The van der Waals surface area contributed by atoms with E-state index in [0.717, 1.165) is 31.5 Å². The first kappa shape index (κ1) is 12.1. The summed E-state index contributed by atoms with van der Waals surface area (Å²) in [6, 6.07) is 4.72. The first-order valence-electron chi connectivity index (χ1n) is 5.55. The molecule has 2 N–H and O–H groups in total. The third kappa shape index (κ3) is 2.35. The number of pyridine rings is 1. The minimum Gasteiger partial charge on any atom is -0.422 e. The summed E-state index contributed by atoms with van der Waals surface area (Å²) < 4.78 is 5.65. The van der Waals surface area contributed by atoms with E-state index >= 15 is 0 Å². The maximum atomic E-state index is 5.86. The average Bonchev–Trinajstić information content (AvgIpc) is 2.73. The quantitative estimate of drug-likeness (QED) is 0.837. The summed E-state index contributed by atoms with van der Waals surface area (Å²) >= 11 is 0. The normalized spacial score (nSPS) is 17.1. The Morgan fingerprint density at radius 3 is 2.82 bits per heavy atom. The zero-order chi connectivity index (χ0) is 11.0. The topological polar surface area (TPSA) is 68.2 Å². The molecule has 1 fully saturated rings. The highest BCUT2D eigenvalue weighted by Gasteiger charge is 2.20. The fourth-order valence-electron chi connectivity index (χ4n) is 1.98. The van der Waals surface area contributed by atoms with Gasteiger partial charge < -0.3 is 15.1 Å². The largest absolute Gasteiger partial charge is 0.422 e. The van der Waals surface area contributed by atoms with Gasteiger partial charge in [0, 0.05) is 25.3 Å². The first-order valence-corrected chi connectivity index (χ1v) is 5.55. The predicted molar refractivity (Wildman–Crippen MR) is 68.5 cm³/mol. The van der Waals surface area contributed by atoms with Crippen molar-refractivity contribution in [2.45, 2.75) is 18.9 Å². The van der Waals surface area contributed by atoms with Crippen molar-refractivity contribution in [3.05, 3.63) is 18.3 Å². The molecule has 3 rings (SSSR count). The van der Waals surface area contributed by atoms with Crippen molar-refractivity contribution in [3.8, 4) is 0 Å². The van der Waals surface area contributed by atoms with E-state index in [2.05, 4.69) is 14.9 Å². The summed E-state index contributed by atoms with van der Waals surface area (Å²) in [4.78, 5) is 10.7. The average molecular weight is 255 g/mol. The second-order valence-corrected chi connectivity index (χ2v) is 4.15. The second kappa shape index (κ2) is 4.89. The SMILES string of the molecule is Cl.NC1CCN(c2nc3ncccc3o2)CC1. The molecule has 0 saturated carbocycles. The number of nitrogens with two attached hydrogens (primary N) is 1. The van der Waals surface area contributed by atoms with Gasteiger partial charge in [0.25, 0.3) is 6.01 Å². The van der Waals surface area contributed by atoms with Crippen molar-refractivity contribution < 1.29 is 4.42 Å². The Bertz CT molecular complexity index is 460. The van der Waals surface area contributed by atoms with Gasteiger partial charge in [-0.05, 0) is 25.0 Å². The monoisotopic (exact) mass is 254 g/mol. The number of rotatable bonds is 1. The summed E-state index contributed by atoms with van der Waals surface area (Å²) in [5.41, 5.74) is 7.28. The van der Waals surface area contributed by atoms with Crippen LogP contribution in [0.5, 0.6) is 0 Å². The van der Waals surface area contributed by atoms with Gasteiger partial charge in [0.05, 0.1) is 0 Å². The van der Waals surface area contributed by atoms with Crippen LogP contribution in [-0.2, 0) is 0 Å². The van der Waals surface area contributed by atoms with Crippen molar-refractivity contribution in [2.24, 2.45) is 5.73 Å². The summed E-state index contributed by atoms with van der Waals surface area (Å²) in [7, 11) is 0. The number of aromatic nitrogens is 2. The van der Waals surface area contributed by atoms with Gasteiger partial charge >= 0.3 is 0 Å². The first-order chi connectivity index (χ1) is 7.83. The summed E-state index contributed by atoms with van der Waals surface area (Å²) in [5.74, 6) is 0. The molecule has 0 radical (unpaired) electrons. The standard InChI is InChI=1S/C11H14N4O.ClH/c12-8-3-6-15(7-4-8)11-14-10-9(16-11)2-1-5-13-10;/h1-2,5,8H,3-4,6-7,12H2;1H. The summed E-state index contributed by atoms with van der Waals surface area (Å²) in [5, 5.41) is 0. The van der Waals surface area contributed by atoms with Crippen LogP contribution in [0.25, 0.3) is 11.2 Å². The number of nitrogens with zero attached hydrogens (tertiary/aromatic N) is 3. The highest BCUT2D eigenvalue weighted by Crippen LogP contribution is 2.22. The van der Waals surface area contributed by atoms with E-state index in [4.69, 9.17) is 10.2 Å². The van der Waals surface area contributed by atoms with Gasteiger partial charge in [-0.3, -0.25) is 0 Å². The van der Waals surface area contributed by atoms with E-state index in [9.17, 15) is 0 Å². The lowest BCUT2D eigenvalue weighted by Gasteiger charge is -2.28. The third-order valence-corrected chi connectivity index (χ3v) is 2.96. The molecule has 2 aromatic heterocycles. The molecule has 0 atom stereocenters. The van der Waals surface area contributed by atoms with Crippen LogP contribution in [0.15, 0.2) is 22.7 Å². The Balaban J connectivity index is 0.00000108. The smallest absolute Gasteiger partial charge is 0.299 e. The van der Waals surface area contributed by atoms with E-state index in [1.54, 1.807) is 6.20 Å². The number of anilines is 1. The maximum Gasteiger partial charge on any atom is 0.299 e. The van der Waals surface area contributed by atoms with Crippen LogP contribution in [0.3, 0.4) is 0 Å². The van der Waals surface area contributed by atoms with Crippen molar-refractivity contribution in [1.29, 1.82) is 0 Å². The number of hydrogen-bond acceptors (Lipinski definition) is 5. The molecule has 0 unspecified atom stereocenters. The van der Waals surface area contributed by atoms with E-state index in [1.807, 2.05) is 12.1 Å². The lowest BCUT2D eigenvalue weighted by Crippen LogP contribution is -2.39. The fraction of sp³-hybridized carbons (Fsp3) is 0.455.